The number of carbonyl (C=O) groups is 1. The van der Waals surface area contributed by atoms with Crippen LogP contribution >= 0.6 is 0 Å². The summed E-state index contributed by atoms with van der Waals surface area (Å²) in [5, 5.41) is 15.7. The van der Waals surface area contributed by atoms with Crippen LogP contribution in [0.1, 0.15) is 44.4 Å². The Morgan fingerprint density at radius 1 is 1.33 bits per heavy atom. The second kappa shape index (κ2) is 6.58. The van der Waals surface area contributed by atoms with Gasteiger partial charge >= 0.3 is 12.2 Å². The third kappa shape index (κ3) is 4.17. The lowest BCUT2D eigenvalue weighted by molar-refractivity contribution is -0.141. The molecule has 1 atom stereocenters. The van der Waals surface area contributed by atoms with Crippen molar-refractivity contribution < 1.29 is 23.1 Å². The van der Waals surface area contributed by atoms with E-state index in [0.717, 1.165) is 25.1 Å². The second-order valence-corrected chi connectivity index (χ2v) is 6.85. The first-order valence-corrected chi connectivity index (χ1v) is 7.80. The predicted octanol–water partition coefficient (Wildman–Crippen LogP) is 2.84. The number of nitrogens with one attached hydrogen (secondary N) is 2. The summed E-state index contributed by atoms with van der Waals surface area (Å²) in [6.07, 6.45) is -1.08. The molecule has 0 saturated heterocycles. The van der Waals surface area contributed by atoms with Crippen LogP contribution in [0.5, 0.6) is 0 Å². The molecule has 1 aromatic heterocycles. The fourth-order valence-corrected chi connectivity index (χ4v) is 2.93. The van der Waals surface area contributed by atoms with E-state index in [9.17, 15) is 23.1 Å². The Hall–Kier alpha value is -1.83. The highest BCUT2D eigenvalue weighted by atomic mass is 19.4. The van der Waals surface area contributed by atoms with Gasteiger partial charge in [-0.3, -0.25) is 4.98 Å². The lowest BCUT2D eigenvalue weighted by Crippen LogP contribution is -2.51. The van der Waals surface area contributed by atoms with Gasteiger partial charge in [-0.15, -0.1) is 0 Å². The summed E-state index contributed by atoms with van der Waals surface area (Å²) in [4.78, 5) is 15.1. The van der Waals surface area contributed by atoms with Gasteiger partial charge < -0.3 is 15.7 Å². The van der Waals surface area contributed by atoms with Crippen molar-refractivity contribution in [1.29, 1.82) is 0 Å². The maximum absolute atomic E-state index is 12.6. The monoisotopic (exact) mass is 345 g/mol. The average molecular weight is 345 g/mol. The molecular weight excluding hydrogens is 323 g/mol. The van der Waals surface area contributed by atoms with Gasteiger partial charge in [0.05, 0.1) is 5.60 Å². The van der Waals surface area contributed by atoms with E-state index in [-0.39, 0.29) is 18.5 Å². The van der Waals surface area contributed by atoms with Crippen molar-refractivity contribution in [2.75, 3.05) is 6.54 Å². The van der Waals surface area contributed by atoms with E-state index in [2.05, 4.69) is 15.6 Å². The van der Waals surface area contributed by atoms with Crippen LogP contribution in [0.15, 0.2) is 18.3 Å². The van der Waals surface area contributed by atoms with Crippen molar-refractivity contribution in [2.24, 2.45) is 5.41 Å². The van der Waals surface area contributed by atoms with Crippen molar-refractivity contribution >= 4 is 6.03 Å². The largest absolute Gasteiger partial charge is 0.433 e. The number of halogens is 3. The van der Waals surface area contributed by atoms with Gasteiger partial charge in [-0.05, 0) is 42.4 Å². The minimum Gasteiger partial charge on any atom is -0.387 e. The minimum absolute atomic E-state index is 0.0563. The van der Waals surface area contributed by atoms with Gasteiger partial charge in [0, 0.05) is 19.3 Å². The van der Waals surface area contributed by atoms with Gasteiger partial charge in [-0.1, -0.05) is 13.8 Å². The molecule has 0 spiro atoms. The highest BCUT2D eigenvalue weighted by Crippen LogP contribution is 2.45. The van der Waals surface area contributed by atoms with Crippen LogP contribution < -0.4 is 10.6 Å². The van der Waals surface area contributed by atoms with E-state index < -0.39 is 23.5 Å². The molecule has 24 heavy (non-hydrogen) atoms. The standard InChI is InChI=1S/C16H22F3N3O2/c1-14(2)5-3-6-15(14,24)10-22-13(23)21-9-11-4-7-20-12(8-11)16(17,18)19/h4,7-8,24H,3,5-6,9-10H2,1-2H3,(H2,21,22,23). The van der Waals surface area contributed by atoms with Gasteiger partial charge in [-0.25, -0.2) is 4.79 Å². The topological polar surface area (TPSA) is 74.2 Å². The Kier molecular flexibility index (Phi) is 5.08. The third-order valence-electron chi connectivity index (χ3n) is 4.76. The second-order valence-electron chi connectivity index (χ2n) is 6.85. The number of rotatable bonds is 4. The molecule has 5 nitrogen and oxygen atoms in total. The predicted molar refractivity (Wildman–Crippen MR) is 82.1 cm³/mol. The fourth-order valence-electron chi connectivity index (χ4n) is 2.93. The molecular formula is C16H22F3N3O2. The summed E-state index contributed by atoms with van der Waals surface area (Å²) in [5.41, 5.74) is -1.95. The third-order valence-corrected chi connectivity index (χ3v) is 4.76. The summed E-state index contributed by atoms with van der Waals surface area (Å²) >= 11 is 0. The molecule has 0 bridgehead atoms. The van der Waals surface area contributed by atoms with E-state index in [4.69, 9.17) is 0 Å². The number of urea groups is 1. The molecule has 2 rings (SSSR count). The van der Waals surface area contributed by atoms with Crippen LogP contribution in [0.2, 0.25) is 0 Å². The van der Waals surface area contributed by atoms with Crippen molar-refractivity contribution in [2.45, 2.75) is 51.4 Å². The molecule has 134 valence electrons. The lowest BCUT2D eigenvalue weighted by atomic mass is 9.78. The van der Waals surface area contributed by atoms with E-state index in [1.807, 2.05) is 13.8 Å². The summed E-state index contributed by atoms with van der Waals surface area (Å²) in [5.74, 6) is 0. The van der Waals surface area contributed by atoms with Gasteiger partial charge in [0.15, 0.2) is 0 Å². The number of hydrogen-bond acceptors (Lipinski definition) is 3. The molecule has 1 fully saturated rings. The molecule has 1 aliphatic rings. The first-order valence-electron chi connectivity index (χ1n) is 7.80. The van der Waals surface area contributed by atoms with Gasteiger partial charge in [0.2, 0.25) is 0 Å². The zero-order valence-electron chi connectivity index (χ0n) is 13.7. The number of amides is 2. The Morgan fingerprint density at radius 3 is 2.62 bits per heavy atom. The van der Waals surface area contributed by atoms with Crippen LogP contribution in [0.3, 0.4) is 0 Å². The Balaban J connectivity index is 1.86. The molecule has 0 aromatic carbocycles. The summed E-state index contributed by atoms with van der Waals surface area (Å²) in [6, 6.07) is 1.77. The zero-order valence-corrected chi connectivity index (χ0v) is 13.7. The normalized spacial score (nSPS) is 23.1. The van der Waals surface area contributed by atoms with Crippen LogP contribution in [-0.2, 0) is 12.7 Å². The molecule has 3 N–H and O–H groups in total. The van der Waals surface area contributed by atoms with Crippen molar-refractivity contribution in [1.82, 2.24) is 15.6 Å². The number of carbonyl (C=O) groups excluding carboxylic acids is 1. The summed E-state index contributed by atoms with van der Waals surface area (Å²) < 4.78 is 37.8. The van der Waals surface area contributed by atoms with E-state index >= 15 is 0 Å². The molecule has 1 aliphatic carbocycles. The Morgan fingerprint density at radius 2 is 2.04 bits per heavy atom. The number of aromatic nitrogens is 1. The van der Waals surface area contributed by atoms with E-state index in [1.54, 1.807) is 0 Å². The van der Waals surface area contributed by atoms with Crippen molar-refractivity contribution in [3.8, 4) is 0 Å². The summed E-state index contributed by atoms with van der Waals surface area (Å²) in [6.45, 7) is 3.96. The lowest BCUT2D eigenvalue weighted by Gasteiger charge is -2.36. The number of nitrogens with zero attached hydrogens (tertiary/aromatic N) is 1. The number of hydrogen-bond donors (Lipinski definition) is 3. The molecule has 1 heterocycles. The van der Waals surface area contributed by atoms with Crippen LogP contribution in [0, 0.1) is 5.41 Å². The van der Waals surface area contributed by atoms with Crippen molar-refractivity contribution in [3.63, 3.8) is 0 Å². The van der Waals surface area contributed by atoms with Crippen LogP contribution in [0.4, 0.5) is 18.0 Å². The van der Waals surface area contributed by atoms with Gasteiger partial charge in [-0.2, -0.15) is 13.2 Å². The molecule has 0 aliphatic heterocycles. The molecule has 1 aromatic rings. The van der Waals surface area contributed by atoms with Crippen molar-refractivity contribution in [3.05, 3.63) is 29.6 Å². The molecule has 1 unspecified atom stereocenters. The molecule has 0 radical (unpaired) electrons. The minimum atomic E-state index is -4.52. The van der Waals surface area contributed by atoms with Crippen LogP contribution in [0.25, 0.3) is 0 Å². The highest BCUT2D eigenvalue weighted by Gasteiger charge is 2.47. The molecule has 8 heteroatoms. The smallest absolute Gasteiger partial charge is 0.387 e. The van der Waals surface area contributed by atoms with E-state index in [1.165, 1.54) is 6.07 Å². The number of aliphatic hydroxyl groups is 1. The first-order chi connectivity index (χ1) is 11.0. The Labute approximate surface area is 138 Å². The number of alkyl halides is 3. The highest BCUT2D eigenvalue weighted by molar-refractivity contribution is 5.73. The fraction of sp³-hybridized carbons (Fsp3) is 0.625. The van der Waals surface area contributed by atoms with Gasteiger partial charge in [0.25, 0.3) is 0 Å². The van der Waals surface area contributed by atoms with E-state index in [0.29, 0.717) is 12.0 Å². The van der Waals surface area contributed by atoms with Crippen LogP contribution in [-0.4, -0.2) is 28.3 Å². The van der Waals surface area contributed by atoms with Gasteiger partial charge in [0.1, 0.15) is 5.69 Å². The maximum Gasteiger partial charge on any atom is 0.433 e. The Bertz CT molecular complexity index is 604. The maximum atomic E-state index is 12.6. The number of pyridine rings is 1. The quantitative estimate of drug-likeness (QED) is 0.786. The molecule has 1 saturated carbocycles. The average Bonchev–Trinajstić information content (AvgIpc) is 2.76. The molecule has 2 amide bonds. The zero-order chi connectivity index (χ0) is 18.0. The SMILES string of the molecule is CC1(C)CCCC1(O)CNC(=O)NCc1ccnc(C(F)(F)F)c1. The first kappa shape index (κ1) is 18.5. The summed E-state index contributed by atoms with van der Waals surface area (Å²) in [7, 11) is 0.